The zero-order valence-electron chi connectivity index (χ0n) is 12.8. The lowest BCUT2D eigenvalue weighted by atomic mass is 10.1. The number of hydrogen-bond donors (Lipinski definition) is 2. The summed E-state index contributed by atoms with van der Waals surface area (Å²) >= 11 is 0. The van der Waals surface area contributed by atoms with Crippen molar-refractivity contribution in [2.24, 2.45) is 7.05 Å². The van der Waals surface area contributed by atoms with E-state index >= 15 is 0 Å². The first-order chi connectivity index (χ1) is 10.5. The first-order valence-electron chi connectivity index (χ1n) is 7.14. The number of ether oxygens (including phenoxy) is 1. The van der Waals surface area contributed by atoms with E-state index in [0.717, 1.165) is 17.7 Å². The second kappa shape index (κ2) is 5.80. The van der Waals surface area contributed by atoms with Gasteiger partial charge in [0.15, 0.2) is 0 Å². The van der Waals surface area contributed by atoms with Gasteiger partial charge < -0.3 is 14.5 Å². The summed E-state index contributed by atoms with van der Waals surface area (Å²) < 4.78 is 12.8. The molecule has 2 atom stereocenters. The maximum atomic E-state index is 12.1. The Kier molecular flexibility index (Phi) is 3.84. The van der Waals surface area contributed by atoms with Gasteiger partial charge in [-0.1, -0.05) is 0 Å². The summed E-state index contributed by atoms with van der Waals surface area (Å²) in [5, 5.41) is 9.64. The molecule has 2 aromatic rings. The largest absolute Gasteiger partial charge is 0.428 e. The van der Waals surface area contributed by atoms with Crippen LogP contribution in [-0.4, -0.2) is 33.4 Å². The molecule has 3 heterocycles. The van der Waals surface area contributed by atoms with E-state index in [-0.39, 0.29) is 24.2 Å². The van der Waals surface area contributed by atoms with Gasteiger partial charge in [0, 0.05) is 25.4 Å². The highest BCUT2D eigenvalue weighted by molar-refractivity contribution is 5.87. The van der Waals surface area contributed by atoms with Gasteiger partial charge in [0.1, 0.15) is 11.9 Å². The molecule has 1 aliphatic rings. The smallest absolute Gasteiger partial charge is 0.323 e. The third-order valence-corrected chi connectivity index (χ3v) is 3.71. The van der Waals surface area contributed by atoms with Crippen molar-refractivity contribution in [3.05, 3.63) is 29.4 Å². The SMILES string of the molecule is Cc1nc(NC(=O)N[C@H]2CCO[C@@H]2c2cnn(C)c2)oc1C. The lowest BCUT2D eigenvalue weighted by Gasteiger charge is -2.18. The van der Waals surface area contributed by atoms with Gasteiger partial charge in [-0.25, -0.2) is 4.79 Å². The molecule has 8 heteroatoms. The van der Waals surface area contributed by atoms with Crippen LogP contribution in [0.15, 0.2) is 16.8 Å². The van der Waals surface area contributed by atoms with E-state index in [0.29, 0.717) is 12.4 Å². The first kappa shape index (κ1) is 14.6. The molecule has 0 unspecified atom stereocenters. The van der Waals surface area contributed by atoms with Gasteiger partial charge in [-0.3, -0.25) is 10.00 Å². The standard InChI is InChI=1S/C14H19N5O3/c1-8-9(2)22-14(16-8)18-13(20)17-11-4-5-21-12(11)10-6-15-19(3)7-10/h6-7,11-12H,4-5H2,1-3H3,(H2,16,17,18,20)/t11-,12+/m0/s1. The minimum absolute atomic E-state index is 0.110. The molecule has 0 saturated carbocycles. The predicted molar refractivity (Wildman–Crippen MR) is 78.4 cm³/mol. The summed E-state index contributed by atoms with van der Waals surface area (Å²) in [5.74, 6) is 0.688. The molecule has 2 amide bonds. The van der Waals surface area contributed by atoms with Crippen LogP contribution in [-0.2, 0) is 11.8 Å². The summed E-state index contributed by atoms with van der Waals surface area (Å²) in [6.07, 6.45) is 4.20. The number of rotatable bonds is 3. The number of hydrogen-bond acceptors (Lipinski definition) is 5. The zero-order chi connectivity index (χ0) is 15.7. The van der Waals surface area contributed by atoms with Crippen molar-refractivity contribution in [1.29, 1.82) is 0 Å². The highest BCUT2D eigenvalue weighted by Crippen LogP contribution is 2.28. The van der Waals surface area contributed by atoms with E-state index in [9.17, 15) is 4.79 Å². The lowest BCUT2D eigenvalue weighted by Crippen LogP contribution is -2.39. The summed E-state index contributed by atoms with van der Waals surface area (Å²) in [6, 6.07) is -0.267. The number of carbonyl (C=O) groups is 1. The van der Waals surface area contributed by atoms with Gasteiger partial charge in [-0.15, -0.1) is 0 Å². The van der Waals surface area contributed by atoms with Gasteiger partial charge in [0.2, 0.25) is 0 Å². The van der Waals surface area contributed by atoms with Crippen molar-refractivity contribution in [2.45, 2.75) is 32.4 Å². The zero-order valence-corrected chi connectivity index (χ0v) is 12.8. The molecule has 22 heavy (non-hydrogen) atoms. The Morgan fingerprint density at radius 1 is 1.45 bits per heavy atom. The van der Waals surface area contributed by atoms with Gasteiger partial charge in [-0.2, -0.15) is 10.1 Å². The van der Waals surface area contributed by atoms with Crippen LogP contribution in [0, 0.1) is 13.8 Å². The van der Waals surface area contributed by atoms with E-state index in [2.05, 4.69) is 20.7 Å². The third-order valence-electron chi connectivity index (χ3n) is 3.71. The Bertz CT molecular complexity index is 658. The van der Waals surface area contributed by atoms with Crippen molar-refractivity contribution in [1.82, 2.24) is 20.1 Å². The maximum Gasteiger partial charge on any atom is 0.323 e. The van der Waals surface area contributed by atoms with E-state index in [4.69, 9.17) is 9.15 Å². The number of urea groups is 1. The highest BCUT2D eigenvalue weighted by Gasteiger charge is 2.32. The topological polar surface area (TPSA) is 94.2 Å². The van der Waals surface area contributed by atoms with Gasteiger partial charge in [0.05, 0.1) is 17.9 Å². The number of amides is 2. The number of anilines is 1. The Labute approximate surface area is 127 Å². The average Bonchev–Trinajstić information content (AvgIpc) is 3.13. The molecule has 1 aliphatic heterocycles. The molecular formula is C14H19N5O3. The summed E-state index contributed by atoms with van der Waals surface area (Å²) in [4.78, 5) is 16.2. The summed E-state index contributed by atoms with van der Waals surface area (Å²) in [7, 11) is 1.85. The highest BCUT2D eigenvalue weighted by atomic mass is 16.5. The van der Waals surface area contributed by atoms with E-state index in [1.54, 1.807) is 17.8 Å². The van der Waals surface area contributed by atoms with Crippen LogP contribution in [0.1, 0.15) is 29.5 Å². The minimum Gasteiger partial charge on any atom is -0.428 e. The molecule has 2 aromatic heterocycles. The van der Waals surface area contributed by atoms with Crippen LogP contribution >= 0.6 is 0 Å². The molecule has 2 N–H and O–H groups in total. The molecule has 8 nitrogen and oxygen atoms in total. The van der Waals surface area contributed by atoms with Gasteiger partial charge >= 0.3 is 12.0 Å². The number of aryl methyl sites for hydroxylation is 3. The van der Waals surface area contributed by atoms with Crippen LogP contribution in [0.5, 0.6) is 0 Å². The predicted octanol–water partition coefficient (Wildman–Crippen LogP) is 1.68. The fraction of sp³-hybridized carbons (Fsp3) is 0.500. The number of nitrogens with one attached hydrogen (secondary N) is 2. The molecule has 0 radical (unpaired) electrons. The van der Waals surface area contributed by atoms with Gasteiger partial charge in [-0.05, 0) is 20.3 Å². The molecule has 0 aliphatic carbocycles. The molecule has 3 rings (SSSR count). The lowest BCUT2D eigenvalue weighted by molar-refractivity contribution is 0.100. The van der Waals surface area contributed by atoms with Crippen molar-refractivity contribution >= 4 is 12.0 Å². The van der Waals surface area contributed by atoms with Crippen LogP contribution in [0.4, 0.5) is 10.8 Å². The van der Waals surface area contributed by atoms with Gasteiger partial charge in [0.25, 0.3) is 0 Å². The quantitative estimate of drug-likeness (QED) is 0.899. The van der Waals surface area contributed by atoms with Crippen molar-refractivity contribution in [3.63, 3.8) is 0 Å². The first-order valence-corrected chi connectivity index (χ1v) is 7.14. The summed E-state index contributed by atoms with van der Waals surface area (Å²) in [5.41, 5.74) is 1.71. The van der Waals surface area contributed by atoms with E-state index in [1.807, 2.05) is 20.2 Å². The van der Waals surface area contributed by atoms with Crippen LogP contribution in [0.25, 0.3) is 0 Å². The molecule has 0 bridgehead atoms. The Morgan fingerprint density at radius 3 is 2.91 bits per heavy atom. The molecule has 0 aromatic carbocycles. The molecule has 118 valence electrons. The number of oxazole rings is 1. The Balaban J connectivity index is 1.63. The summed E-state index contributed by atoms with van der Waals surface area (Å²) in [6.45, 7) is 4.22. The second-order valence-corrected chi connectivity index (χ2v) is 5.39. The number of nitrogens with zero attached hydrogens (tertiary/aromatic N) is 3. The molecule has 0 spiro atoms. The minimum atomic E-state index is -0.356. The van der Waals surface area contributed by atoms with Crippen LogP contribution in [0.3, 0.4) is 0 Å². The fourth-order valence-electron chi connectivity index (χ4n) is 2.48. The van der Waals surface area contributed by atoms with Crippen molar-refractivity contribution in [3.8, 4) is 0 Å². The molecule has 1 saturated heterocycles. The maximum absolute atomic E-state index is 12.1. The average molecular weight is 305 g/mol. The van der Waals surface area contributed by atoms with Crippen LogP contribution < -0.4 is 10.6 Å². The third kappa shape index (κ3) is 2.96. The number of aromatic nitrogens is 3. The van der Waals surface area contributed by atoms with Crippen molar-refractivity contribution in [2.75, 3.05) is 11.9 Å². The van der Waals surface area contributed by atoms with Crippen LogP contribution in [0.2, 0.25) is 0 Å². The Morgan fingerprint density at radius 2 is 2.27 bits per heavy atom. The second-order valence-electron chi connectivity index (χ2n) is 5.39. The normalized spacial score (nSPS) is 21.0. The van der Waals surface area contributed by atoms with Crippen molar-refractivity contribution < 1.29 is 13.9 Å². The van der Waals surface area contributed by atoms with E-state index < -0.39 is 0 Å². The molecular weight excluding hydrogens is 286 g/mol. The van der Waals surface area contributed by atoms with E-state index in [1.165, 1.54) is 0 Å². The molecule has 1 fully saturated rings. The fourth-order valence-corrected chi connectivity index (χ4v) is 2.48. The number of carbonyl (C=O) groups excluding carboxylic acids is 1. The monoisotopic (exact) mass is 305 g/mol. The Hall–Kier alpha value is -2.35.